The zero-order chi connectivity index (χ0) is 19.9. The number of anilines is 1. The number of aromatic nitrogens is 1. The third-order valence-electron chi connectivity index (χ3n) is 4.60. The van der Waals surface area contributed by atoms with E-state index in [9.17, 15) is 8.42 Å². The molecule has 1 aromatic heterocycles. The van der Waals surface area contributed by atoms with Crippen molar-refractivity contribution in [1.29, 1.82) is 0 Å². The molecule has 28 heavy (non-hydrogen) atoms. The zero-order valence-corrected chi connectivity index (χ0v) is 16.9. The minimum absolute atomic E-state index is 0.0629. The van der Waals surface area contributed by atoms with Crippen LogP contribution in [0.4, 0.5) is 5.69 Å². The van der Waals surface area contributed by atoms with Crippen LogP contribution in [0.3, 0.4) is 0 Å². The topological polar surface area (TPSA) is 84.6 Å². The van der Waals surface area contributed by atoms with Crippen molar-refractivity contribution in [1.82, 2.24) is 5.16 Å². The number of sulfonamides is 1. The molecule has 0 saturated heterocycles. The van der Waals surface area contributed by atoms with E-state index in [4.69, 9.17) is 16.1 Å². The van der Waals surface area contributed by atoms with E-state index in [1.54, 1.807) is 32.0 Å². The Labute approximate surface area is 168 Å². The predicted octanol–water partition coefficient (Wildman–Crippen LogP) is 4.14. The molecule has 0 fully saturated rings. The predicted molar refractivity (Wildman–Crippen MR) is 109 cm³/mol. The van der Waals surface area contributed by atoms with Gasteiger partial charge in [-0.05, 0) is 50.1 Å². The van der Waals surface area contributed by atoms with Crippen LogP contribution in [0.2, 0.25) is 5.02 Å². The van der Waals surface area contributed by atoms with Gasteiger partial charge in [-0.1, -0.05) is 35.0 Å². The molecule has 3 aromatic rings. The third kappa shape index (κ3) is 3.43. The minimum Gasteiger partial charge on any atom is -0.360 e. The van der Waals surface area contributed by atoms with Crippen molar-refractivity contribution in [3.63, 3.8) is 0 Å². The summed E-state index contributed by atoms with van der Waals surface area (Å²) in [5.74, 6) is 0.253. The zero-order valence-electron chi connectivity index (χ0n) is 15.4. The minimum atomic E-state index is -3.81. The number of hydrogen-bond acceptors (Lipinski definition) is 5. The lowest BCUT2D eigenvalue weighted by Crippen LogP contribution is -2.16. The summed E-state index contributed by atoms with van der Waals surface area (Å²) in [6.07, 6.45) is 0.831. The number of halogens is 1. The van der Waals surface area contributed by atoms with Gasteiger partial charge in [0.25, 0.3) is 10.0 Å². The van der Waals surface area contributed by atoms with Gasteiger partial charge in [0.1, 0.15) is 5.69 Å². The first-order chi connectivity index (χ1) is 13.3. The summed E-state index contributed by atoms with van der Waals surface area (Å²) in [7, 11) is -3.81. The van der Waals surface area contributed by atoms with Crippen LogP contribution >= 0.6 is 11.6 Å². The normalized spacial score (nSPS) is 13.8. The van der Waals surface area contributed by atoms with Crippen LogP contribution in [0.5, 0.6) is 0 Å². The van der Waals surface area contributed by atoms with Gasteiger partial charge in [0.15, 0.2) is 10.7 Å². The fourth-order valence-electron chi connectivity index (χ4n) is 3.41. The molecule has 0 radical (unpaired) electrons. The van der Waals surface area contributed by atoms with Crippen molar-refractivity contribution in [3.8, 4) is 0 Å². The van der Waals surface area contributed by atoms with E-state index in [-0.39, 0.29) is 10.7 Å². The Morgan fingerprint density at radius 2 is 1.96 bits per heavy atom. The molecule has 4 rings (SSSR count). The van der Waals surface area contributed by atoms with Gasteiger partial charge in [-0.2, -0.15) is 0 Å². The maximum atomic E-state index is 12.8. The van der Waals surface area contributed by atoms with Crippen LogP contribution in [0, 0.1) is 13.8 Å². The smallest absolute Gasteiger partial charge is 0.267 e. The van der Waals surface area contributed by atoms with Crippen LogP contribution in [-0.4, -0.2) is 25.8 Å². The number of fused-ring (bicyclic) bond motifs is 1. The average Bonchev–Trinajstić information content (AvgIpc) is 3.00. The number of nitrogens with one attached hydrogen (secondary N) is 1. The molecule has 0 atom stereocenters. The highest BCUT2D eigenvalue weighted by Crippen LogP contribution is 2.26. The summed E-state index contributed by atoms with van der Waals surface area (Å²) in [5, 5.41) is 4.42. The highest BCUT2D eigenvalue weighted by atomic mass is 35.5. The monoisotopic (exact) mass is 415 g/mol. The van der Waals surface area contributed by atoms with Crippen LogP contribution in [-0.2, 0) is 16.4 Å². The van der Waals surface area contributed by atoms with E-state index < -0.39 is 10.0 Å². The van der Waals surface area contributed by atoms with E-state index in [0.717, 1.165) is 28.8 Å². The number of nitrogens with zero attached hydrogens (tertiary/aromatic N) is 2. The second-order valence-corrected chi connectivity index (χ2v) is 8.68. The van der Waals surface area contributed by atoms with Crippen LogP contribution in [0.1, 0.15) is 28.1 Å². The molecule has 0 saturated carbocycles. The van der Waals surface area contributed by atoms with E-state index in [2.05, 4.69) is 14.9 Å². The van der Waals surface area contributed by atoms with Crippen LogP contribution < -0.4 is 4.72 Å². The molecule has 0 spiro atoms. The summed E-state index contributed by atoms with van der Waals surface area (Å²) in [5.41, 5.74) is 4.59. The van der Waals surface area contributed by atoms with Gasteiger partial charge in [0, 0.05) is 28.4 Å². The maximum absolute atomic E-state index is 12.8. The number of aliphatic imine (C=N–C) groups is 1. The van der Waals surface area contributed by atoms with E-state index in [0.29, 0.717) is 22.9 Å². The molecule has 8 heteroatoms. The van der Waals surface area contributed by atoms with E-state index in [1.165, 1.54) is 0 Å². The number of hydrogen-bond donors (Lipinski definition) is 1. The molecule has 0 unspecified atom stereocenters. The summed E-state index contributed by atoms with van der Waals surface area (Å²) >= 11 is 6.11. The second-order valence-electron chi connectivity index (χ2n) is 6.62. The first-order valence-electron chi connectivity index (χ1n) is 8.74. The van der Waals surface area contributed by atoms with Gasteiger partial charge in [-0.15, -0.1) is 0 Å². The Morgan fingerprint density at radius 3 is 2.71 bits per heavy atom. The lowest BCUT2D eigenvalue weighted by molar-refractivity contribution is 0.390. The fourth-order valence-corrected chi connectivity index (χ4v) is 4.99. The second kappa shape index (κ2) is 7.07. The van der Waals surface area contributed by atoms with Gasteiger partial charge in [-0.25, -0.2) is 8.42 Å². The van der Waals surface area contributed by atoms with Crippen LogP contribution in [0.25, 0.3) is 0 Å². The summed E-state index contributed by atoms with van der Waals surface area (Å²) < 4.78 is 33.1. The van der Waals surface area contributed by atoms with Crippen LogP contribution in [0.15, 0.2) is 56.9 Å². The fraction of sp³-hybridized carbons (Fsp3) is 0.200. The molecule has 2 aromatic carbocycles. The quantitative estimate of drug-likeness (QED) is 0.694. The van der Waals surface area contributed by atoms with Crippen molar-refractivity contribution in [2.24, 2.45) is 4.99 Å². The van der Waals surface area contributed by atoms with Crippen molar-refractivity contribution >= 4 is 33.0 Å². The molecule has 1 N–H and O–H groups in total. The molecule has 2 heterocycles. The molecule has 6 nitrogen and oxygen atoms in total. The third-order valence-corrected chi connectivity index (χ3v) is 6.46. The lowest BCUT2D eigenvalue weighted by atomic mass is 9.93. The molecule has 1 aliphatic heterocycles. The van der Waals surface area contributed by atoms with E-state index in [1.807, 2.05) is 24.3 Å². The highest BCUT2D eigenvalue weighted by molar-refractivity contribution is 7.92. The molecular weight excluding hydrogens is 398 g/mol. The first kappa shape index (κ1) is 18.7. The number of benzene rings is 2. The Bertz CT molecular complexity index is 1180. The van der Waals surface area contributed by atoms with Gasteiger partial charge >= 0.3 is 0 Å². The molecular formula is C20H18ClN3O3S. The van der Waals surface area contributed by atoms with E-state index >= 15 is 0 Å². The standard InChI is InChI=1S/C20H18ClN3O3S/c1-12-20(13(2)27-23-12)28(25,26)24-17-5-3-4-15(11-17)19-18-7-6-16(21)10-14(18)8-9-22-19/h3-7,10-11,24H,8-9H2,1-2H3. The van der Waals surface area contributed by atoms with Crippen molar-refractivity contribution in [2.75, 3.05) is 11.3 Å². The molecule has 1 aliphatic rings. The van der Waals surface area contributed by atoms with Gasteiger partial charge in [0.05, 0.1) is 5.71 Å². The average molecular weight is 416 g/mol. The SMILES string of the molecule is Cc1noc(C)c1S(=O)(=O)Nc1cccc(C2=NCCc3cc(Cl)ccc32)c1. The molecule has 0 bridgehead atoms. The summed E-state index contributed by atoms with van der Waals surface area (Å²) in [4.78, 5) is 4.72. The van der Waals surface area contributed by atoms with Crippen molar-refractivity contribution in [2.45, 2.75) is 25.2 Å². The summed E-state index contributed by atoms with van der Waals surface area (Å²) in [6, 6.07) is 12.9. The Hall–Kier alpha value is -2.64. The molecule has 0 aliphatic carbocycles. The number of rotatable bonds is 4. The Morgan fingerprint density at radius 1 is 1.14 bits per heavy atom. The highest BCUT2D eigenvalue weighted by Gasteiger charge is 2.24. The van der Waals surface area contributed by atoms with Gasteiger partial charge < -0.3 is 4.52 Å². The lowest BCUT2D eigenvalue weighted by Gasteiger charge is -2.18. The Kier molecular flexibility index (Phi) is 4.72. The maximum Gasteiger partial charge on any atom is 0.267 e. The summed E-state index contributed by atoms with van der Waals surface area (Å²) in [6.45, 7) is 3.84. The Balaban J connectivity index is 1.69. The van der Waals surface area contributed by atoms with Gasteiger partial charge in [0.2, 0.25) is 0 Å². The molecule has 144 valence electrons. The first-order valence-corrected chi connectivity index (χ1v) is 10.6. The van der Waals surface area contributed by atoms with Crippen molar-refractivity contribution in [3.05, 3.63) is 75.6 Å². The molecule has 0 amide bonds. The largest absolute Gasteiger partial charge is 0.360 e. The van der Waals surface area contributed by atoms with Gasteiger partial charge in [-0.3, -0.25) is 9.71 Å². The van der Waals surface area contributed by atoms with Crippen molar-refractivity contribution < 1.29 is 12.9 Å². The number of aryl methyl sites for hydroxylation is 2.